The fourth-order valence-electron chi connectivity index (χ4n) is 3.20. The Balaban J connectivity index is 2.37. The highest BCUT2D eigenvalue weighted by molar-refractivity contribution is 5.96. The summed E-state index contributed by atoms with van der Waals surface area (Å²) in [5, 5.41) is 0. The number of ether oxygens (including phenoxy) is 3. The quantitative estimate of drug-likeness (QED) is 0.604. The van der Waals surface area contributed by atoms with Crippen LogP contribution in [-0.2, 0) is 20.6 Å². The molecule has 6 nitrogen and oxygen atoms in total. The lowest BCUT2D eigenvalue weighted by molar-refractivity contribution is -0.0561. The van der Waals surface area contributed by atoms with E-state index in [1.165, 1.54) is 0 Å². The Bertz CT molecular complexity index is 682. The van der Waals surface area contributed by atoms with Crippen molar-refractivity contribution >= 4 is 17.8 Å². The van der Waals surface area contributed by atoms with Crippen LogP contribution in [0.15, 0.2) is 16.9 Å². The molecule has 25 heavy (non-hydrogen) atoms. The summed E-state index contributed by atoms with van der Waals surface area (Å²) in [6, 6.07) is 0. The van der Waals surface area contributed by atoms with E-state index in [4.69, 9.17) is 19.2 Å². The van der Waals surface area contributed by atoms with Crippen molar-refractivity contribution in [1.82, 2.24) is 4.98 Å². The molecule has 0 saturated heterocycles. The van der Waals surface area contributed by atoms with E-state index < -0.39 is 6.29 Å². The zero-order chi connectivity index (χ0) is 18.6. The minimum absolute atomic E-state index is 0.147. The van der Waals surface area contributed by atoms with Crippen molar-refractivity contribution in [3.05, 3.63) is 28.7 Å². The summed E-state index contributed by atoms with van der Waals surface area (Å²) in [5.41, 5.74) is 4.09. The average molecular weight is 348 g/mol. The zero-order valence-electron chi connectivity index (χ0n) is 15.9. The summed E-state index contributed by atoms with van der Waals surface area (Å²) >= 11 is 0. The molecule has 0 aliphatic carbocycles. The fourth-order valence-corrected chi connectivity index (χ4v) is 3.20. The van der Waals surface area contributed by atoms with Crippen molar-refractivity contribution in [3.8, 4) is 0 Å². The first-order valence-electron chi connectivity index (χ1n) is 8.60. The lowest BCUT2D eigenvalue weighted by Gasteiger charge is -2.24. The van der Waals surface area contributed by atoms with Crippen LogP contribution in [-0.4, -0.2) is 43.8 Å². The van der Waals surface area contributed by atoms with E-state index in [1.807, 2.05) is 13.0 Å². The third kappa shape index (κ3) is 4.02. The predicted octanol–water partition coefficient (Wildman–Crippen LogP) is 3.58. The Hall–Kier alpha value is -1.92. The van der Waals surface area contributed by atoms with E-state index in [-0.39, 0.29) is 11.4 Å². The number of nitrogens with zero attached hydrogens (tertiary/aromatic N) is 1. The van der Waals surface area contributed by atoms with E-state index >= 15 is 0 Å². The largest absolute Gasteiger partial charge is 0.462 e. The predicted molar refractivity (Wildman–Crippen MR) is 97.7 cm³/mol. The summed E-state index contributed by atoms with van der Waals surface area (Å²) in [5.74, 6) is -0.296. The van der Waals surface area contributed by atoms with Gasteiger partial charge in [0.1, 0.15) is 0 Å². The van der Waals surface area contributed by atoms with Crippen LogP contribution in [0.25, 0.3) is 6.08 Å². The number of nitrogens with one attached hydrogen (secondary N) is 1. The molecule has 0 atom stereocenters. The molecular weight excluding hydrogens is 320 g/mol. The van der Waals surface area contributed by atoms with Crippen molar-refractivity contribution in [2.24, 2.45) is 10.4 Å². The number of allylic oxidation sites excluding steroid dienone is 1. The molecule has 138 valence electrons. The second kappa shape index (κ2) is 7.97. The lowest BCUT2D eigenvalue weighted by Crippen LogP contribution is -2.34. The molecule has 0 saturated carbocycles. The minimum atomic E-state index is -0.453. The summed E-state index contributed by atoms with van der Waals surface area (Å²) in [4.78, 5) is 20.0. The van der Waals surface area contributed by atoms with E-state index in [1.54, 1.807) is 27.3 Å². The second-order valence-corrected chi connectivity index (χ2v) is 6.67. The highest BCUT2D eigenvalue weighted by Gasteiger charge is 2.37. The maximum absolute atomic E-state index is 12.1. The van der Waals surface area contributed by atoms with Gasteiger partial charge in [-0.05, 0) is 25.0 Å². The van der Waals surface area contributed by atoms with Gasteiger partial charge >= 0.3 is 5.97 Å². The fraction of sp³-hybridized carbons (Fsp3) is 0.579. The molecule has 1 N–H and O–H groups in total. The monoisotopic (exact) mass is 348 g/mol. The molecule has 0 amide bonds. The van der Waals surface area contributed by atoms with Gasteiger partial charge in [0.2, 0.25) is 0 Å². The Labute approximate surface area is 149 Å². The van der Waals surface area contributed by atoms with Gasteiger partial charge in [0.25, 0.3) is 0 Å². The average Bonchev–Trinajstić information content (AvgIpc) is 3.09. The van der Waals surface area contributed by atoms with Crippen LogP contribution in [0.4, 0.5) is 0 Å². The number of rotatable bonds is 7. The normalized spacial score (nSPS) is 18.0. The van der Waals surface area contributed by atoms with Crippen molar-refractivity contribution in [3.63, 3.8) is 0 Å². The molecular formula is C19H28N2O4. The standard InChI is InChI=1S/C19H28N2O4/c1-7-13-14(17(22)25-8-2)11-20-15(13)9-12-10-19(3,4)16(21-12)18(23-5)24-6/h9,11,18,20H,7-8,10H2,1-6H3/b12-9-. The molecule has 0 bridgehead atoms. The van der Waals surface area contributed by atoms with Gasteiger partial charge < -0.3 is 19.2 Å². The van der Waals surface area contributed by atoms with Crippen molar-refractivity contribution in [2.75, 3.05) is 20.8 Å². The molecule has 6 heteroatoms. The summed E-state index contributed by atoms with van der Waals surface area (Å²) < 4.78 is 15.9. The van der Waals surface area contributed by atoms with E-state index in [0.29, 0.717) is 12.2 Å². The minimum Gasteiger partial charge on any atom is -0.462 e. The number of carbonyl (C=O) groups is 1. The number of hydrogen-bond acceptors (Lipinski definition) is 5. The molecule has 1 aromatic heterocycles. The molecule has 0 spiro atoms. The molecule has 0 radical (unpaired) electrons. The van der Waals surface area contributed by atoms with Crippen LogP contribution in [0.2, 0.25) is 0 Å². The molecule has 2 heterocycles. The van der Waals surface area contributed by atoms with Gasteiger partial charge in [-0.25, -0.2) is 4.79 Å². The smallest absolute Gasteiger partial charge is 0.339 e. The number of methoxy groups -OCH3 is 2. The maximum atomic E-state index is 12.1. The van der Waals surface area contributed by atoms with Gasteiger partial charge in [0.05, 0.1) is 17.9 Å². The highest BCUT2D eigenvalue weighted by atomic mass is 16.7. The number of hydrogen-bond donors (Lipinski definition) is 1. The molecule has 2 rings (SSSR count). The second-order valence-electron chi connectivity index (χ2n) is 6.67. The first-order valence-corrected chi connectivity index (χ1v) is 8.60. The van der Waals surface area contributed by atoms with Crippen molar-refractivity contribution in [2.45, 2.75) is 46.8 Å². The van der Waals surface area contributed by atoms with Crippen molar-refractivity contribution < 1.29 is 19.0 Å². The molecule has 1 aliphatic heterocycles. The van der Waals surface area contributed by atoms with Crippen LogP contribution in [0.1, 0.15) is 55.7 Å². The van der Waals surface area contributed by atoms with Gasteiger partial charge in [0, 0.05) is 43.6 Å². The highest BCUT2D eigenvalue weighted by Crippen LogP contribution is 2.38. The SMILES string of the molecule is CCOC(=O)c1c[nH]c(/C=C2/CC(C)(C)C(C(OC)OC)=N2)c1CC. The Kier molecular flexibility index (Phi) is 6.19. The first-order chi connectivity index (χ1) is 11.9. The molecule has 1 aliphatic rings. The zero-order valence-corrected chi connectivity index (χ0v) is 15.9. The molecule has 0 unspecified atom stereocenters. The lowest BCUT2D eigenvalue weighted by atomic mass is 9.85. The topological polar surface area (TPSA) is 72.9 Å². The van der Waals surface area contributed by atoms with Crippen LogP contribution in [0, 0.1) is 5.41 Å². The van der Waals surface area contributed by atoms with Crippen LogP contribution < -0.4 is 0 Å². The van der Waals surface area contributed by atoms with E-state index in [2.05, 4.69) is 18.8 Å². The number of H-pyrrole nitrogens is 1. The van der Waals surface area contributed by atoms with Gasteiger partial charge in [0.15, 0.2) is 6.29 Å². The van der Waals surface area contributed by atoms with E-state index in [9.17, 15) is 4.79 Å². The van der Waals surface area contributed by atoms with E-state index in [0.717, 1.165) is 35.5 Å². The van der Waals surface area contributed by atoms with Crippen LogP contribution in [0.3, 0.4) is 0 Å². The number of esters is 1. The third-order valence-corrected chi connectivity index (χ3v) is 4.41. The van der Waals surface area contributed by atoms with Crippen molar-refractivity contribution in [1.29, 1.82) is 0 Å². The summed E-state index contributed by atoms with van der Waals surface area (Å²) in [7, 11) is 3.22. The number of aliphatic imine (C=N–C) groups is 1. The first kappa shape index (κ1) is 19.4. The van der Waals surface area contributed by atoms with Gasteiger partial charge in [-0.1, -0.05) is 20.8 Å². The Morgan fingerprint density at radius 3 is 2.60 bits per heavy atom. The number of aromatic nitrogens is 1. The third-order valence-electron chi connectivity index (χ3n) is 4.41. The van der Waals surface area contributed by atoms with Crippen LogP contribution in [0.5, 0.6) is 0 Å². The van der Waals surface area contributed by atoms with Gasteiger partial charge in [-0.3, -0.25) is 4.99 Å². The number of aromatic amines is 1. The molecule has 0 fully saturated rings. The van der Waals surface area contributed by atoms with Crippen LogP contribution >= 0.6 is 0 Å². The van der Waals surface area contributed by atoms with Gasteiger partial charge in [-0.15, -0.1) is 0 Å². The number of carbonyl (C=O) groups excluding carboxylic acids is 1. The van der Waals surface area contributed by atoms with Gasteiger partial charge in [-0.2, -0.15) is 0 Å². The maximum Gasteiger partial charge on any atom is 0.339 e. The summed E-state index contributed by atoms with van der Waals surface area (Å²) in [6.07, 6.45) is 4.77. The molecule has 0 aromatic carbocycles. The Morgan fingerprint density at radius 1 is 1.36 bits per heavy atom. The summed E-state index contributed by atoms with van der Waals surface area (Å²) in [6.45, 7) is 8.43. The molecule has 1 aromatic rings. The Morgan fingerprint density at radius 2 is 2.04 bits per heavy atom.